The number of thiophene rings is 1. The van der Waals surface area contributed by atoms with E-state index in [2.05, 4.69) is 21.0 Å². The van der Waals surface area contributed by atoms with E-state index in [-0.39, 0.29) is 11.1 Å². The van der Waals surface area contributed by atoms with Crippen molar-refractivity contribution in [3.8, 4) is 6.07 Å². The van der Waals surface area contributed by atoms with Gasteiger partial charge in [0.25, 0.3) is 5.56 Å². The average molecular weight is 336 g/mol. The van der Waals surface area contributed by atoms with Crippen molar-refractivity contribution in [2.75, 3.05) is 0 Å². The number of aromatic nitrogens is 1. The van der Waals surface area contributed by atoms with Gasteiger partial charge in [0, 0.05) is 10.6 Å². The van der Waals surface area contributed by atoms with Crippen LogP contribution in [0.4, 0.5) is 0 Å². The number of hydrogen-bond acceptors (Lipinski definition) is 4. The van der Waals surface area contributed by atoms with E-state index in [4.69, 9.17) is 5.26 Å². The van der Waals surface area contributed by atoms with Crippen LogP contribution in [0.15, 0.2) is 31.9 Å². The summed E-state index contributed by atoms with van der Waals surface area (Å²) in [6.45, 7) is 3.54. The van der Waals surface area contributed by atoms with Crippen molar-refractivity contribution in [3.05, 3.63) is 54.0 Å². The predicted molar refractivity (Wildman–Crippen MR) is 79.9 cm³/mol. The standard InChI is InChI=1S/C13H10BrN3OS/c1-8-5-9(2)17(13(18)11(8)6-15)16-7-10-3-4-12(14)19-10/h3-5,7H,1-2H3/b16-7+. The van der Waals surface area contributed by atoms with E-state index in [1.54, 1.807) is 26.1 Å². The van der Waals surface area contributed by atoms with Crippen LogP contribution in [0.3, 0.4) is 0 Å². The molecule has 0 aromatic carbocycles. The Labute approximate surface area is 122 Å². The van der Waals surface area contributed by atoms with Gasteiger partial charge in [-0.15, -0.1) is 11.3 Å². The van der Waals surface area contributed by atoms with Gasteiger partial charge >= 0.3 is 0 Å². The lowest BCUT2D eigenvalue weighted by Gasteiger charge is -2.05. The van der Waals surface area contributed by atoms with Crippen LogP contribution in [-0.2, 0) is 0 Å². The van der Waals surface area contributed by atoms with E-state index in [1.807, 2.05) is 18.2 Å². The first-order valence-corrected chi connectivity index (χ1v) is 7.07. The van der Waals surface area contributed by atoms with Gasteiger partial charge in [-0.3, -0.25) is 4.79 Å². The Morgan fingerprint density at radius 1 is 1.47 bits per heavy atom. The van der Waals surface area contributed by atoms with Gasteiger partial charge in [-0.2, -0.15) is 10.4 Å². The monoisotopic (exact) mass is 335 g/mol. The summed E-state index contributed by atoms with van der Waals surface area (Å²) in [5.41, 5.74) is 1.13. The zero-order chi connectivity index (χ0) is 14.0. The van der Waals surface area contributed by atoms with Crippen molar-refractivity contribution in [1.82, 2.24) is 4.68 Å². The van der Waals surface area contributed by atoms with Crippen molar-refractivity contribution in [1.29, 1.82) is 5.26 Å². The van der Waals surface area contributed by atoms with E-state index in [9.17, 15) is 4.79 Å². The van der Waals surface area contributed by atoms with Crippen molar-refractivity contribution in [2.24, 2.45) is 5.10 Å². The third-order valence-electron chi connectivity index (χ3n) is 2.57. The second-order valence-electron chi connectivity index (χ2n) is 3.96. The first kappa shape index (κ1) is 13.7. The highest BCUT2D eigenvalue weighted by Gasteiger charge is 2.08. The fourth-order valence-electron chi connectivity index (χ4n) is 1.67. The normalized spacial score (nSPS) is 10.8. The molecule has 0 aliphatic carbocycles. The first-order valence-electron chi connectivity index (χ1n) is 5.46. The third kappa shape index (κ3) is 2.83. The highest BCUT2D eigenvalue weighted by Crippen LogP contribution is 2.20. The number of pyridine rings is 1. The van der Waals surface area contributed by atoms with Crippen LogP contribution in [0.1, 0.15) is 21.7 Å². The van der Waals surface area contributed by atoms with E-state index >= 15 is 0 Å². The van der Waals surface area contributed by atoms with E-state index in [0.29, 0.717) is 11.3 Å². The topological polar surface area (TPSA) is 58.1 Å². The second-order valence-corrected chi connectivity index (χ2v) is 6.45. The number of hydrogen-bond donors (Lipinski definition) is 0. The van der Waals surface area contributed by atoms with Gasteiger partial charge in [0.2, 0.25) is 0 Å². The molecule has 6 heteroatoms. The van der Waals surface area contributed by atoms with Crippen LogP contribution in [-0.4, -0.2) is 10.9 Å². The van der Waals surface area contributed by atoms with Gasteiger partial charge < -0.3 is 0 Å². The average Bonchev–Trinajstić information content (AvgIpc) is 2.75. The third-order valence-corrected chi connectivity index (χ3v) is 4.12. The van der Waals surface area contributed by atoms with Crippen LogP contribution >= 0.6 is 27.3 Å². The Morgan fingerprint density at radius 3 is 2.79 bits per heavy atom. The van der Waals surface area contributed by atoms with Crippen LogP contribution in [0.5, 0.6) is 0 Å². The molecule has 2 aromatic heterocycles. The molecule has 19 heavy (non-hydrogen) atoms. The maximum Gasteiger partial charge on any atom is 0.289 e. The zero-order valence-corrected chi connectivity index (χ0v) is 12.7. The quantitative estimate of drug-likeness (QED) is 0.792. The lowest BCUT2D eigenvalue weighted by molar-refractivity contribution is 0.787. The molecule has 0 saturated carbocycles. The van der Waals surface area contributed by atoms with Gasteiger partial charge in [-0.1, -0.05) is 0 Å². The smallest absolute Gasteiger partial charge is 0.266 e. The molecule has 0 amide bonds. The Hall–Kier alpha value is -1.71. The second kappa shape index (κ2) is 5.51. The summed E-state index contributed by atoms with van der Waals surface area (Å²) in [7, 11) is 0. The highest BCUT2D eigenvalue weighted by molar-refractivity contribution is 9.11. The van der Waals surface area contributed by atoms with E-state index in [0.717, 1.165) is 8.66 Å². The molecule has 0 N–H and O–H groups in total. The van der Waals surface area contributed by atoms with E-state index < -0.39 is 0 Å². The van der Waals surface area contributed by atoms with Gasteiger partial charge in [-0.05, 0) is 53.5 Å². The molecule has 0 bridgehead atoms. The Bertz CT molecular complexity index is 752. The first-order chi connectivity index (χ1) is 9.02. The van der Waals surface area contributed by atoms with Crippen molar-refractivity contribution in [3.63, 3.8) is 0 Å². The fourth-order valence-corrected chi connectivity index (χ4v) is 2.96. The Balaban J connectivity index is 2.49. The molecule has 0 saturated heterocycles. The minimum Gasteiger partial charge on any atom is -0.266 e. The van der Waals surface area contributed by atoms with E-state index in [1.165, 1.54) is 16.0 Å². The number of aryl methyl sites for hydroxylation is 2. The van der Waals surface area contributed by atoms with Gasteiger partial charge in [0.05, 0.1) is 10.0 Å². The predicted octanol–water partition coefficient (Wildman–Crippen LogP) is 3.04. The molecule has 4 nitrogen and oxygen atoms in total. The van der Waals surface area contributed by atoms with Crippen molar-refractivity contribution in [2.45, 2.75) is 13.8 Å². The van der Waals surface area contributed by atoms with Crippen LogP contribution in [0, 0.1) is 25.2 Å². The molecular weight excluding hydrogens is 326 g/mol. The maximum absolute atomic E-state index is 12.1. The summed E-state index contributed by atoms with van der Waals surface area (Å²) in [4.78, 5) is 13.0. The molecule has 0 aliphatic rings. The van der Waals surface area contributed by atoms with Crippen molar-refractivity contribution < 1.29 is 0 Å². The molecule has 2 rings (SSSR count). The fraction of sp³-hybridized carbons (Fsp3) is 0.154. The molecule has 0 spiro atoms. The Morgan fingerprint density at radius 2 is 2.21 bits per heavy atom. The SMILES string of the molecule is Cc1cc(C)n(/N=C/c2ccc(Br)s2)c(=O)c1C#N. The lowest BCUT2D eigenvalue weighted by atomic mass is 10.1. The summed E-state index contributed by atoms with van der Waals surface area (Å²) >= 11 is 4.88. The zero-order valence-electron chi connectivity index (χ0n) is 10.3. The van der Waals surface area contributed by atoms with Gasteiger partial charge in [0.15, 0.2) is 0 Å². The summed E-state index contributed by atoms with van der Waals surface area (Å²) in [5, 5.41) is 13.1. The van der Waals surface area contributed by atoms with Gasteiger partial charge in [-0.25, -0.2) is 4.68 Å². The molecule has 0 radical (unpaired) electrons. The minimum absolute atomic E-state index is 0.134. The minimum atomic E-state index is -0.383. The molecule has 2 heterocycles. The molecule has 0 atom stereocenters. The molecule has 0 unspecified atom stereocenters. The molecule has 0 aliphatic heterocycles. The summed E-state index contributed by atoms with van der Waals surface area (Å²) in [6.07, 6.45) is 1.61. The maximum atomic E-state index is 12.1. The molecule has 2 aromatic rings. The summed E-state index contributed by atoms with van der Waals surface area (Å²) in [5.74, 6) is 0. The highest BCUT2D eigenvalue weighted by atomic mass is 79.9. The van der Waals surface area contributed by atoms with Crippen LogP contribution in [0.2, 0.25) is 0 Å². The van der Waals surface area contributed by atoms with Crippen LogP contribution in [0.25, 0.3) is 0 Å². The molecule has 96 valence electrons. The lowest BCUT2D eigenvalue weighted by Crippen LogP contribution is -2.22. The summed E-state index contributed by atoms with van der Waals surface area (Å²) in [6, 6.07) is 7.52. The number of nitrogens with zero attached hydrogens (tertiary/aromatic N) is 3. The molecule has 0 fully saturated rings. The number of halogens is 1. The number of rotatable bonds is 2. The van der Waals surface area contributed by atoms with Gasteiger partial charge in [0.1, 0.15) is 11.6 Å². The number of nitriles is 1. The largest absolute Gasteiger partial charge is 0.289 e. The van der Waals surface area contributed by atoms with Crippen LogP contribution < -0.4 is 5.56 Å². The van der Waals surface area contributed by atoms with Crippen molar-refractivity contribution >= 4 is 33.5 Å². The summed E-state index contributed by atoms with van der Waals surface area (Å²) < 4.78 is 2.25. The molecular formula is C13H10BrN3OS. The Kier molecular flexibility index (Phi) is 3.98.